The predicted octanol–water partition coefficient (Wildman–Crippen LogP) is 5.09. The van der Waals surface area contributed by atoms with E-state index in [2.05, 4.69) is 22.0 Å². The third kappa shape index (κ3) is 5.66. The maximum absolute atomic E-state index is 13.6. The third-order valence-electron chi connectivity index (χ3n) is 6.55. The molecule has 194 valence electrons. The van der Waals surface area contributed by atoms with Gasteiger partial charge in [0.05, 0.1) is 12.2 Å². The van der Waals surface area contributed by atoms with E-state index in [1.54, 1.807) is 54.6 Å². The van der Waals surface area contributed by atoms with Gasteiger partial charge in [-0.1, -0.05) is 41.9 Å². The number of para-hydroxylation sites is 1. The molecule has 38 heavy (non-hydrogen) atoms. The summed E-state index contributed by atoms with van der Waals surface area (Å²) in [5, 5.41) is 0.572. The first-order valence-corrected chi connectivity index (χ1v) is 14.1. The Morgan fingerprint density at radius 3 is 2.16 bits per heavy atom. The number of carbonyl (C=O) groups is 1. The van der Waals surface area contributed by atoms with Crippen molar-refractivity contribution in [1.82, 2.24) is 9.88 Å². The van der Waals surface area contributed by atoms with Crippen LogP contribution in [0.2, 0.25) is 5.02 Å². The Labute approximate surface area is 228 Å². The van der Waals surface area contributed by atoms with Crippen LogP contribution in [0.25, 0.3) is 0 Å². The van der Waals surface area contributed by atoms with Crippen molar-refractivity contribution >= 4 is 38.9 Å². The number of hydrogen-bond donors (Lipinski definition) is 0. The highest BCUT2D eigenvalue weighted by molar-refractivity contribution is 7.92. The predicted molar refractivity (Wildman–Crippen MR) is 150 cm³/mol. The van der Waals surface area contributed by atoms with Gasteiger partial charge in [-0.05, 0) is 66.2 Å². The molecule has 7 nitrogen and oxygen atoms in total. The highest BCUT2D eigenvalue weighted by atomic mass is 35.5. The first-order chi connectivity index (χ1) is 18.4. The number of halogens is 1. The van der Waals surface area contributed by atoms with Crippen molar-refractivity contribution in [2.75, 3.05) is 35.4 Å². The van der Waals surface area contributed by atoms with Crippen LogP contribution in [0, 0.1) is 0 Å². The Morgan fingerprint density at radius 1 is 0.842 bits per heavy atom. The number of amides is 1. The van der Waals surface area contributed by atoms with Crippen LogP contribution in [0.3, 0.4) is 0 Å². The van der Waals surface area contributed by atoms with Crippen LogP contribution in [0.5, 0.6) is 0 Å². The Morgan fingerprint density at radius 2 is 1.53 bits per heavy atom. The highest BCUT2D eigenvalue weighted by Gasteiger charge is 2.27. The summed E-state index contributed by atoms with van der Waals surface area (Å²) in [6.07, 6.45) is 2.86. The van der Waals surface area contributed by atoms with Crippen LogP contribution >= 0.6 is 11.6 Å². The van der Waals surface area contributed by atoms with Gasteiger partial charge in [-0.3, -0.25) is 14.1 Å². The fourth-order valence-electron chi connectivity index (χ4n) is 4.46. The molecule has 0 bridgehead atoms. The van der Waals surface area contributed by atoms with E-state index in [-0.39, 0.29) is 17.3 Å². The van der Waals surface area contributed by atoms with E-state index in [1.807, 2.05) is 23.1 Å². The lowest BCUT2D eigenvalue weighted by Crippen LogP contribution is -2.48. The number of hydrogen-bond acceptors (Lipinski definition) is 5. The molecule has 0 saturated carbocycles. The van der Waals surface area contributed by atoms with Gasteiger partial charge in [0.25, 0.3) is 15.9 Å². The van der Waals surface area contributed by atoms with Crippen LogP contribution in [-0.2, 0) is 16.6 Å². The number of anilines is 2. The molecule has 1 aliphatic heterocycles. The SMILES string of the molecule is O=C(c1ccc(N(Cc2ccc(Cl)cc2)S(=O)(=O)c2cccnc2)cc1)N1CCN(c2ccccc2)CC1. The average Bonchev–Trinajstić information content (AvgIpc) is 2.97. The van der Waals surface area contributed by atoms with Crippen LogP contribution < -0.4 is 9.21 Å². The molecular weight excluding hydrogens is 520 g/mol. The van der Waals surface area contributed by atoms with Gasteiger partial charge in [-0.15, -0.1) is 0 Å². The monoisotopic (exact) mass is 546 g/mol. The minimum absolute atomic E-state index is 0.0661. The van der Waals surface area contributed by atoms with Gasteiger partial charge >= 0.3 is 0 Å². The number of benzene rings is 3. The number of rotatable bonds is 7. The first-order valence-electron chi connectivity index (χ1n) is 12.3. The van der Waals surface area contributed by atoms with Crippen molar-refractivity contribution in [3.05, 3.63) is 120 Å². The van der Waals surface area contributed by atoms with Gasteiger partial charge < -0.3 is 9.80 Å². The fourth-order valence-corrected chi connectivity index (χ4v) is 6.00. The summed E-state index contributed by atoms with van der Waals surface area (Å²) in [5.41, 5.74) is 2.90. The molecule has 1 fully saturated rings. The van der Waals surface area contributed by atoms with Crippen molar-refractivity contribution in [2.45, 2.75) is 11.4 Å². The van der Waals surface area contributed by atoms with Crippen molar-refractivity contribution in [3.8, 4) is 0 Å². The Hall–Kier alpha value is -3.88. The molecule has 1 aromatic heterocycles. The Kier molecular flexibility index (Phi) is 7.62. The van der Waals surface area contributed by atoms with Gasteiger partial charge in [0.15, 0.2) is 0 Å². The second kappa shape index (κ2) is 11.2. The normalized spacial score (nSPS) is 13.8. The number of carbonyl (C=O) groups excluding carboxylic acids is 1. The molecule has 9 heteroatoms. The van der Waals surface area contributed by atoms with E-state index in [0.717, 1.165) is 24.3 Å². The minimum atomic E-state index is -3.91. The maximum atomic E-state index is 13.6. The molecule has 5 rings (SSSR count). The van der Waals surface area contributed by atoms with Gasteiger partial charge in [0.2, 0.25) is 0 Å². The van der Waals surface area contributed by atoms with Crippen LogP contribution in [0.1, 0.15) is 15.9 Å². The summed E-state index contributed by atoms with van der Waals surface area (Å²) < 4.78 is 28.5. The Bertz CT molecular complexity index is 1470. The highest BCUT2D eigenvalue weighted by Crippen LogP contribution is 2.27. The number of sulfonamides is 1. The van der Waals surface area contributed by atoms with E-state index in [4.69, 9.17) is 11.6 Å². The zero-order chi connectivity index (χ0) is 26.5. The number of nitrogens with zero attached hydrogens (tertiary/aromatic N) is 4. The zero-order valence-corrected chi connectivity index (χ0v) is 22.2. The van der Waals surface area contributed by atoms with Gasteiger partial charge in [-0.2, -0.15) is 0 Å². The maximum Gasteiger partial charge on any atom is 0.266 e. The zero-order valence-electron chi connectivity index (χ0n) is 20.7. The third-order valence-corrected chi connectivity index (χ3v) is 8.56. The van der Waals surface area contributed by atoms with Crippen molar-refractivity contribution in [1.29, 1.82) is 0 Å². The summed E-state index contributed by atoms with van der Waals surface area (Å²) in [6, 6.07) is 27.0. The standard InChI is InChI=1S/C29H27ClN4O3S/c30-25-12-8-23(9-13-25)22-34(38(36,37)28-7-4-16-31-21-28)27-14-10-24(11-15-27)29(35)33-19-17-32(18-20-33)26-5-2-1-3-6-26/h1-16,21H,17-20,22H2. The second-order valence-corrected chi connectivity index (χ2v) is 11.3. The lowest BCUT2D eigenvalue weighted by atomic mass is 10.1. The van der Waals surface area contributed by atoms with E-state index in [0.29, 0.717) is 29.4 Å². The molecule has 0 unspecified atom stereocenters. The molecule has 2 heterocycles. The van der Waals surface area contributed by atoms with E-state index >= 15 is 0 Å². The molecule has 0 atom stereocenters. The van der Waals surface area contributed by atoms with Crippen LogP contribution in [0.4, 0.5) is 11.4 Å². The topological polar surface area (TPSA) is 73.8 Å². The summed E-state index contributed by atoms with van der Waals surface area (Å²) in [4.78, 5) is 21.4. The molecule has 4 aromatic rings. The van der Waals surface area contributed by atoms with E-state index < -0.39 is 10.0 Å². The molecule has 0 radical (unpaired) electrons. The number of piperazine rings is 1. The lowest BCUT2D eigenvalue weighted by molar-refractivity contribution is 0.0747. The second-order valence-electron chi connectivity index (χ2n) is 8.99. The number of aromatic nitrogens is 1. The summed E-state index contributed by atoms with van der Waals surface area (Å²) >= 11 is 6.02. The summed E-state index contributed by atoms with van der Waals surface area (Å²) in [5.74, 6) is -0.0661. The smallest absolute Gasteiger partial charge is 0.266 e. The van der Waals surface area contributed by atoms with Crippen molar-refractivity contribution in [2.24, 2.45) is 0 Å². The summed E-state index contributed by atoms with van der Waals surface area (Å²) in [7, 11) is -3.91. The molecular formula is C29H27ClN4O3S. The Balaban J connectivity index is 1.35. The quantitative estimate of drug-likeness (QED) is 0.323. The molecule has 3 aromatic carbocycles. The molecule has 0 aliphatic carbocycles. The van der Waals surface area contributed by atoms with Gasteiger partial charge in [0, 0.05) is 54.8 Å². The minimum Gasteiger partial charge on any atom is -0.368 e. The molecule has 1 amide bonds. The van der Waals surface area contributed by atoms with E-state index in [1.165, 1.54) is 22.8 Å². The van der Waals surface area contributed by atoms with Gasteiger partial charge in [0.1, 0.15) is 4.90 Å². The molecule has 0 N–H and O–H groups in total. The largest absolute Gasteiger partial charge is 0.368 e. The van der Waals surface area contributed by atoms with Crippen LogP contribution in [-0.4, -0.2) is 50.4 Å². The lowest BCUT2D eigenvalue weighted by Gasteiger charge is -2.36. The van der Waals surface area contributed by atoms with Crippen molar-refractivity contribution < 1.29 is 13.2 Å². The summed E-state index contributed by atoms with van der Waals surface area (Å²) in [6.45, 7) is 2.85. The molecule has 1 saturated heterocycles. The number of pyridine rings is 1. The molecule has 1 aliphatic rings. The van der Waals surface area contributed by atoms with Crippen molar-refractivity contribution in [3.63, 3.8) is 0 Å². The van der Waals surface area contributed by atoms with Crippen LogP contribution in [0.15, 0.2) is 108 Å². The first kappa shape index (κ1) is 25.8. The fraction of sp³-hybridized carbons (Fsp3) is 0.172. The van der Waals surface area contributed by atoms with Gasteiger partial charge in [-0.25, -0.2) is 8.42 Å². The molecule has 0 spiro atoms. The van der Waals surface area contributed by atoms with E-state index in [9.17, 15) is 13.2 Å². The average molecular weight is 547 g/mol.